The Bertz CT molecular complexity index is 945. The average molecular weight is 432 g/mol. The molecule has 26 heavy (non-hydrogen) atoms. The van der Waals surface area contributed by atoms with Crippen molar-refractivity contribution in [3.8, 4) is 22.1 Å². The van der Waals surface area contributed by atoms with E-state index in [4.69, 9.17) is 9.47 Å². The lowest BCUT2D eigenvalue weighted by Crippen LogP contribution is -2.45. The van der Waals surface area contributed by atoms with Gasteiger partial charge >= 0.3 is 0 Å². The Morgan fingerprint density at radius 2 is 1.88 bits per heavy atom. The number of nitrogens with zero attached hydrogens (tertiary/aromatic N) is 3. The summed E-state index contributed by atoms with van der Waals surface area (Å²) in [6, 6.07) is 15.1. The average Bonchev–Trinajstić information content (AvgIpc) is 3.17. The first-order valence-electron chi connectivity index (χ1n) is 7.87. The minimum atomic E-state index is -0.713. The van der Waals surface area contributed by atoms with E-state index in [-0.39, 0.29) is 12.5 Å². The van der Waals surface area contributed by atoms with Gasteiger partial charge in [-0.2, -0.15) is 0 Å². The van der Waals surface area contributed by atoms with E-state index in [1.165, 1.54) is 16.2 Å². The second-order valence-electron chi connectivity index (χ2n) is 5.66. The molecule has 0 saturated heterocycles. The zero-order valence-electron chi connectivity index (χ0n) is 13.8. The molecule has 8 heteroatoms. The van der Waals surface area contributed by atoms with Crippen molar-refractivity contribution in [2.75, 3.05) is 18.6 Å². The Labute approximate surface area is 162 Å². The van der Waals surface area contributed by atoms with Crippen LogP contribution in [0.3, 0.4) is 0 Å². The van der Waals surface area contributed by atoms with Crippen LogP contribution in [0.5, 0.6) is 11.5 Å². The molecule has 1 aliphatic rings. The first-order chi connectivity index (χ1) is 12.6. The van der Waals surface area contributed by atoms with Crippen LogP contribution in [0.25, 0.3) is 10.6 Å². The highest BCUT2D eigenvalue weighted by Gasteiger charge is 2.31. The quantitative estimate of drug-likeness (QED) is 0.631. The fraction of sp³-hybridized carbons (Fsp3) is 0.167. The molecule has 1 atom stereocenters. The van der Waals surface area contributed by atoms with E-state index in [9.17, 15) is 4.79 Å². The number of carbonyl (C=O) groups is 1. The van der Waals surface area contributed by atoms with E-state index in [0.29, 0.717) is 16.6 Å². The highest BCUT2D eigenvalue weighted by Crippen LogP contribution is 2.33. The minimum Gasteiger partial charge on any atom is -0.485 e. The van der Waals surface area contributed by atoms with Crippen molar-refractivity contribution in [2.24, 2.45) is 0 Å². The Kier molecular flexibility index (Phi) is 4.60. The second-order valence-corrected chi connectivity index (χ2v) is 7.53. The number of hydrogen-bond acceptors (Lipinski definition) is 6. The number of aromatic nitrogens is 2. The van der Waals surface area contributed by atoms with Gasteiger partial charge in [0.05, 0.1) is 0 Å². The molecule has 0 fully saturated rings. The van der Waals surface area contributed by atoms with E-state index < -0.39 is 6.10 Å². The maximum Gasteiger partial charge on any atom is 0.273 e. The monoisotopic (exact) mass is 431 g/mol. The fourth-order valence-electron chi connectivity index (χ4n) is 2.51. The summed E-state index contributed by atoms with van der Waals surface area (Å²) in [4.78, 5) is 14.2. The van der Waals surface area contributed by atoms with Crippen LogP contribution in [0.1, 0.15) is 0 Å². The largest absolute Gasteiger partial charge is 0.485 e. The Morgan fingerprint density at radius 1 is 1.15 bits per heavy atom. The molecule has 0 bridgehead atoms. The van der Waals surface area contributed by atoms with E-state index in [1.807, 2.05) is 42.5 Å². The molecular formula is C18H14BrN3O3S. The van der Waals surface area contributed by atoms with Crippen LogP contribution in [0, 0.1) is 0 Å². The van der Waals surface area contributed by atoms with Gasteiger partial charge in [-0.3, -0.25) is 9.69 Å². The molecule has 1 aromatic heterocycles. The number of hydrogen-bond donors (Lipinski definition) is 0. The third-order valence-electron chi connectivity index (χ3n) is 3.91. The van der Waals surface area contributed by atoms with Crippen LogP contribution >= 0.6 is 27.3 Å². The molecule has 3 aromatic rings. The molecular weight excluding hydrogens is 418 g/mol. The lowest BCUT2D eigenvalue weighted by Gasteiger charge is -2.27. The van der Waals surface area contributed by atoms with Gasteiger partial charge in [0.1, 0.15) is 11.6 Å². The molecule has 0 aliphatic carbocycles. The molecule has 1 amide bonds. The molecule has 4 rings (SSSR count). The predicted molar refractivity (Wildman–Crippen MR) is 103 cm³/mol. The van der Waals surface area contributed by atoms with Crippen molar-refractivity contribution < 1.29 is 14.3 Å². The number of ether oxygens (including phenoxy) is 2. The van der Waals surface area contributed by atoms with Crippen molar-refractivity contribution in [3.05, 3.63) is 53.0 Å². The Balaban J connectivity index is 1.50. The molecule has 1 unspecified atom stereocenters. The minimum absolute atomic E-state index is 0.165. The Morgan fingerprint density at radius 3 is 2.65 bits per heavy atom. The highest BCUT2D eigenvalue weighted by atomic mass is 79.9. The number of fused-ring (bicyclic) bond motifs is 1. The maximum absolute atomic E-state index is 12.8. The van der Waals surface area contributed by atoms with Crippen LogP contribution in [-0.4, -0.2) is 35.9 Å². The molecule has 2 heterocycles. The number of carbonyl (C=O) groups excluding carboxylic acids is 1. The summed E-state index contributed by atoms with van der Waals surface area (Å²) in [5, 5.41) is 9.59. The lowest BCUT2D eigenvalue weighted by molar-refractivity contribution is -0.127. The van der Waals surface area contributed by atoms with Gasteiger partial charge in [-0.05, 0) is 24.3 Å². The Hall–Kier alpha value is -2.45. The van der Waals surface area contributed by atoms with E-state index >= 15 is 0 Å². The fourth-order valence-corrected chi connectivity index (χ4v) is 3.59. The first kappa shape index (κ1) is 17.0. The summed E-state index contributed by atoms with van der Waals surface area (Å²) < 4.78 is 12.4. The number of para-hydroxylation sites is 2. The summed E-state index contributed by atoms with van der Waals surface area (Å²) in [6.07, 6.45) is -0.713. The molecule has 6 nitrogen and oxygen atoms in total. The summed E-state index contributed by atoms with van der Waals surface area (Å²) in [5.41, 5.74) is 0.948. The third-order valence-corrected chi connectivity index (χ3v) is 5.48. The van der Waals surface area contributed by atoms with Gasteiger partial charge in [-0.1, -0.05) is 51.5 Å². The number of halogens is 1. The third kappa shape index (κ3) is 3.30. The number of amides is 1. The molecule has 0 radical (unpaired) electrons. The van der Waals surface area contributed by atoms with Gasteiger partial charge in [-0.25, -0.2) is 0 Å². The lowest BCUT2D eigenvalue weighted by atomic mass is 10.2. The molecule has 132 valence electrons. The van der Waals surface area contributed by atoms with E-state index in [0.717, 1.165) is 15.0 Å². The summed E-state index contributed by atoms with van der Waals surface area (Å²) in [5.74, 6) is 0.990. The van der Waals surface area contributed by atoms with Gasteiger partial charge < -0.3 is 9.47 Å². The van der Waals surface area contributed by atoms with Gasteiger partial charge in [0.15, 0.2) is 11.5 Å². The van der Waals surface area contributed by atoms with Gasteiger partial charge in [0, 0.05) is 17.1 Å². The molecule has 0 N–H and O–H groups in total. The van der Waals surface area contributed by atoms with Gasteiger partial charge in [0.2, 0.25) is 11.2 Å². The standard InChI is InChI=1S/C18H14BrN3O3S/c1-22(17(23)15-10-24-13-4-2-3-5-14(13)25-15)18-21-20-16(26-18)11-6-8-12(19)9-7-11/h2-9,15H,10H2,1H3. The van der Waals surface area contributed by atoms with Gasteiger partial charge in [0.25, 0.3) is 5.91 Å². The van der Waals surface area contributed by atoms with Crippen molar-refractivity contribution in [1.82, 2.24) is 10.2 Å². The van der Waals surface area contributed by atoms with Crippen LogP contribution in [0.4, 0.5) is 5.13 Å². The number of benzene rings is 2. The summed E-state index contributed by atoms with van der Waals surface area (Å²) in [6.45, 7) is 0.165. The van der Waals surface area contributed by atoms with E-state index in [2.05, 4.69) is 26.1 Å². The summed E-state index contributed by atoms with van der Waals surface area (Å²) in [7, 11) is 1.66. The van der Waals surface area contributed by atoms with E-state index in [1.54, 1.807) is 13.1 Å². The van der Waals surface area contributed by atoms with Crippen molar-refractivity contribution >= 4 is 38.3 Å². The SMILES string of the molecule is CN(C(=O)C1COc2ccccc2O1)c1nnc(-c2ccc(Br)cc2)s1. The molecule has 0 spiro atoms. The molecule has 1 aliphatic heterocycles. The van der Waals surface area contributed by atoms with Crippen LogP contribution in [0.2, 0.25) is 0 Å². The van der Waals surface area contributed by atoms with Crippen LogP contribution < -0.4 is 14.4 Å². The smallest absolute Gasteiger partial charge is 0.273 e. The topological polar surface area (TPSA) is 64.6 Å². The maximum atomic E-state index is 12.8. The molecule has 2 aromatic carbocycles. The molecule has 0 saturated carbocycles. The van der Waals surface area contributed by atoms with Gasteiger partial charge in [-0.15, -0.1) is 10.2 Å². The van der Waals surface area contributed by atoms with Crippen molar-refractivity contribution in [1.29, 1.82) is 0 Å². The van der Waals surface area contributed by atoms with Crippen LogP contribution in [-0.2, 0) is 4.79 Å². The van der Waals surface area contributed by atoms with Crippen LogP contribution in [0.15, 0.2) is 53.0 Å². The highest BCUT2D eigenvalue weighted by molar-refractivity contribution is 9.10. The normalized spacial score (nSPS) is 15.5. The number of likely N-dealkylation sites (N-methyl/N-ethyl adjacent to an activating group) is 1. The van der Waals surface area contributed by atoms with Crippen molar-refractivity contribution in [2.45, 2.75) is 6.10 Å². The zero-order chi connectivity index (χ0) is 18.1. The number of anilines is 1. The predicted octanol–water partition coefficient (Wildman–Crippen LogP) is 3.77. The zero-order valence-corrected chi connectivity index (χ0v) is 16.2. The first-order valence-corrected chi connectivity index (χ1v) is 9.48. The second kappa shape index (κ2) is 7.05. The van der Waals surface area contributed by atoms with Crippen molar-refractivity contribution in [3.63, 3.8) is 0 Å². The number of rotatable bonds is 3. The summed E-state index contributed by atoms with van der Waals surface area (Å²) >= 11 is 4.76.